The first-order chi connectivity index (χ1) is 12.9. The normalized spacial score (nSPS) is 11.2. The van der Waals surface area contributed by atoms with Crippen molar-refractivity contribution in [1.82, 2.24) is 5.32 Å². The maximum Gasteiger partial charge on any atom is 0.308 e. The molecule has 0 heterocycles. The van der Waals surface area contributed by atoms with Crippen LogP contribution in [0.1, 0.15) is 60.1 Å². The van der Waals surface area contributed by atoms with Crippen LogP contribution in [0.5, 0.6) is 11.5 Å². The maximum atomic E-state index is 11.5. The third kappa shape index (κ3) is 14.5. The number of ether oxygens (including phenoxy) is 3. The van der Waals surface area contributed by atoms with Crippen molar-refractivity contribution in [1.29, 1.82) is 0 Å². The molecule has 1 aromatic rings. The highest BCUT2D eigenvalue weighted by Gasteiger charge is 2.21. The van der Waals surface area contributed by atoms with Gasteiger partial charge in [0.15, 0.2) is 0 Å². The lowest BCUT2D eigenvalue weighted by Crippen LogP contribution is -2.39. The van der Waals surface area contributed by atoms with Crippen LogP contribution in [0.25, 0.3) is 0 Å². The Morgan fingerprint density at radius 2 is 1.38 bits per heavy atom. The van der Waals surface area contributed by atoms with E-state index in [0.29, 0.717) is 12.1 Å². The van der Waals surface area contributed by atoms with E-state index in [-0.39, 0.29) is 36.1 Å². The molecule has 0 spiro atoms. The van der Waals surface area contributed by atoms with Crippen LogP contribution >= 0.6 is 12.4 Å². The Balaban J connectivity index is 0. The van der Waals surface area contributed by atoms with Gasteiger partial charge in [-0.2, -0.15) is 0 Å². The minimum absolute atomic E-state index is 0. The number of hydrogen-bond donors (Lipinski definition) is 2. The number of carbonyl (C=O) groups excluding carboxylic acids is 3. The second-order valence-corrected chi connectivity index (χ2v) is 6.97. The third-order valence-electron chi connectivity index (χ3n) is 2.92. The Hall–Kier alpha value is -2.16. The van der Waals surface area contributed by atoms with E-state index in [4.69, 9.17) is 19.3 Å². The minimum Gasteiger partial charge on any atom is -0.456 e. The summed E-state index contributed by atoms with van der Waals surface area (Å²) in [5.41, 5.74) is 0.354. The zero-order chi connectivity index (χ0) is 21.9. The summed E-state index contributed by atoms with van der Waals surface area (Å²) in [6.45, 7) is 12.1. The largest absolute Gasteiger partial charge is 0.456 e. The molecule has 166 valence electrons. The van der Waals surface area contributed by atoms with Gasteiger partial charge in [0.2, 0.25) is 0 Å². The van der Waals surface area contributed by atoms with Crippen LogP contribution in [-0.4, -0.2) is 41.7 Å². The van der Waals surface area contributed by atoms with Crippen molar-refractivity contribution >= 4 is 30.3 Å². The standard InChI is InChI=1S/C18H25NO6.C2H6O.ClH/c1-11(20)23-15-7-14(8-16(9-15)24-12(2)21)17(25-13(3)22)10-19-18(4,5)6;1-2-3;/h7-9,17,19H,10H2,1-6H3;3H,2H2,1H3;1H. The van der Waals surface area contributed by atoms with E-state index in [1.54, 1.807) is 19.1 Å². The summed E-state index contributed by atoms with van der Waals surface area (Å²) < 4.78 is 15.5. The van der Waals surface area contributed by atoms with Crippen molar-refractivity contribution in [3.8, 4) is 11.5 Å². The second-order valence-electron chi connectivity index (χ2n) is 6.97. The molecule has 0 saturated heterocycles. The van der Waals surface area contributed by atoms with Crippen LogP contribution in [0.4, 0.5) is 0 Å². The zero-order valence-corrected chi connectivity index (χ0v) is 18.8. The van der Waals surface area contributed by atoms with Gasteiger partial charge in [-0.3, -0.25) is 14.4 Å². The molecule has 0 aliphatic heterocycles. The fourth-order valence-corrected chi connectivity index (χ4v) is 2.06. The number of aliphatic hydroxyl groups is 1. The highest BCUT2D eigenvalue weighted by atomic mass is 35.5. The molecule has 0 amide bonds. The van der Waals surface area contributed by atoms with Crippen LogP contribution in [0.15, 0.2) is 18.2 Å². The molecule has 0 saturated carbocycles. The Morgan fingerprint density at radius 1 is 0.966 bits per heavy atom. The van der Waals surface area contributed by atoms with E-state index < -0.39 is 24.0 Å². The van der Waals surface area contributed by atoms with E-state index in [0.717, 1.165) is 0 Å². The van der Waals surface area contributed by atoms with Crippen molar-refractivity contribution in [2.45, 2.75) is 60.1 Å². The molecule has 0 aliphatic rings. The van der Waals surface area contributed by atoms with E-state index >= 15 is 0 Å². The average molecular weight is 434 g/mol. The average Bonchev–Trinajstić information content (AvgIpc) is 2.49. The highest BCUT2D eigenvalue weighted by molar-refractivity contribution is 5.85. The zero-order valence-electron chi connectivity index (χ0n) is 18.0. The van der Waals surface area contributed by atoms with Crippen LogP contribution in [0.2, 0.25) is 0 Å². The van der Waals surface area contributed by atoms with Crippen molar-refractivity contribution in [3.05, 3.63) is 23.8 Å². The maximum absolute atomic E-state index is 11.5. The van der Waals surface area contributed by atoms with Crippen molar-refractivity contribution in [2.75, 3.05) is 13.2 Å². The molecule has 9 heteroatoms. The number of aliphatic hydroxyl groups excluding tert-OH is 1. The number of halogens is 1. The first-order valence-electron chi connectivity index (χ1n) is 8.92. The summed E-state index contributed by atoms with van der Waals surface area (Å²) in [4.78, 5) is 33.9. The van der Waals surface area contributed by atoms with Gasteiger partial charge in [-0.25, -0.2) is 0 Å². The van der Waals surface area contributed by atoms with Gasteiger partial charge in [-0.1, -0.05) is 0 Å². The topological polar surface area (TPSA) is 111 Å². The van der Waals surface area contributed by atoms with Crippen LogP contribution in [0, 0.1) is 0 Å². The summed E-state index contributed by atoms with van der Waals surface area (Å²) >= 11 is 0. The lowest BCUT2D eigenvalue weighted by atomic mass is 10.1. The first kappa shape index (κ1) is 29.0. The molecule has 1 aromatic carbocycles. The van der Waals surface area contributed by atoms with Gasteiger partial charge in [0, 0.05) is 51.1 Å². The number of esters is 3. The molecule has 0 aliphatic carbocycles. The SMILES string of the molecule is CC(=O)Oc1cc(OC(C)=O)cc(C(CNC(C)(C)C)OC(C)=O)c1.CCO.Cl. The van der Waals surface area contributed by atoms with E-state index in [2.05, 4.69) is 5.32 Å². The van der Waals surface area contributed by atoms with E-state index in [1.807, 2.05) is 20.8 Å². The van der Waals surface area contributed by atoms with Crippen LogP contribution in [-0.2, 0) is 19.1 Å². The molecule has 0 radical (unpaired) electrons. The molecular weight excluding hydrogens is 402 g/mol. The smallest absolute Gasteiger partial charge is 0.308 e. The molecule has 2 N–H and O–H groups in total. The van der Waals surface area contributed by atoms with Gasteiger partial charge in [-0.05, 0) is 39.8 Å². The Bertz CT molecular complexity index is 637. The number of benzene rings is 1. The molecule has 1 unspecified atom stereocenters. The monoisotopic (exact) mass is 433 g/mol. The first-order valence-corrected chi connectivity index (χ1v) is 8.92. The summed E-state index contributed by atoms with van der Waals surface area (Å²) in [6.07, 6.45) is -0.637. The van der Waals surface area contributed by atoms with E-state index in [9.17, 15) is 14.4 Å². The molecule has 1 rings (SSSR count). The highest BCUT2D eigenvalue weighted by Crippen LogP contribution is 2.29. The number of rotatable bonds is 6. The second kappa shape index (κ2) is 13.9. The Labute approximate surface area is 178 Å². The quantitative estimate of drug-likeness (QED) is 0.520. The van der Waals surface area contributed by atoms with Gasteiger partial charge < -0.3 is 24.6 Å². The minimum atomic E-state index is -0.637. The molecule has 8 nitrogen and oxygen atoms in total. The Kier molecular flexibility index (Phi) is 13.9. The van der Waals surface area contributed by atoms with Gasteiger partial charge >= 0.3 is 17.9 Å². The predicted octanol–water partition coefficient (Wildman–Crippen LogP) is 2.95. The van der Waals surface area contributed by atoms with Crippen molar-refractivity contribution in [2.24, 2.45) is 0 Å². The number of carbonyl (C=O) groups is 3. The van der Waals surface area contributed by atoms with Gasteiger partial charge in [0.25, 0.3) is 0 Å². The van der Waals surface area contributed by atoms with Gasteiger partial charge in [0.05, 0.1) is 0 Å². The third-order valence-corrected chi connectivity index (χ3v) is 2.92. The van der Waals surface area contributed by atoms with Gasteiger partial charge in [-0.15, -0.1) is 12.4 Å². The molecule has 0 aromatic heterocycles. The molecule has 29 heavy (non-hydrogen) atoms. The van der Waals surface area contributed by atoms with Gasteiger partial charge in [0.1, 0.15) is 17.6 Å². The number of nitrogens with one attached hydrogen (secondary N) is 1. The summed E-state index contributed by atoms with van der Waals surface area (Å²) in [5, 5.41) is 10.8. The van der Waals surface area contributed by atoms with Crippen LogP contribution < -0.4 is 14.8 Å². The lowest BCUT2D eigenvalue weighted by Gasteiger charge is -2.25. The molecular formula is C20H32ClNO7. The van der Waals surface area contributed by atoms with Crippen LogP contribution in [0.3, 0.4) is 0 Å². The fraction of sp³-hybridized carbons (Fsp3) is 0.550. The predicted molar refractivity (Wildman–Crippen MR) is 111 cm³/mol. The number of hydrogen-bond acceptors (Lipinski definition) is 8. The summed E-state index contributed by atoms with van der Waals surface area (Å²) in [5.74, 6) is -1.07. The van der Waals surface area contributed by atoms with Crippen molar-refractivity contribution in [3.63, 3.8) is 0 Å². The molecule has 0 bridgehead atoms. The fourth-order valence-electron chi connectivity index (χ4n) is 2.06. The summed E-state index contributed by atoms with van der Waals surface area (Å²) in [7, 11) is 0. The van der Waals surface area contributed by atoms with Crippen molar-refractivity contribution < 1.29 is 33.7 Å². The lowest BCUT2D eigenvalue weighted by molar-refractivity contribution is -0.146. The summed E-state index contributed by atoms with van der Waals surface area (Å²) in [6, 6.07) is 4.58. The molecule has 1 atom stereocenters. The molecule has 0 fully saturated rings. The van der Waals surface area contributed by atoms with E-state index in [1.165, 1.54) is 26.8 Å². The Morgan fingerprint density at radius 3 is 1.69 bits per heavy atom.